The average Bonchev–Trinajstić information content (AvgIpc) is 3.01. The molecule has 20 heavy (non-hydrogen) atoms. The number of morpholine rings is 1. The van der Waals surface area contributed by atoms with Gasteiger partial charge in [0.1, 0.15) is 0 Å². The molecule has 1 aromatic carbocycles. The van der Waals surface area contributed by atoms with Gasteiger partial charge >= 0.3 is 0 Å². The molecular weight excluding hydrogens is 270 g/mol. The monoisotopic (exact) mass is 289 g/mol. The highest BCUT2D eigenvalue weighted by Crippen LogP contribution is 2.14. The Bertz CT molecular complexity index is 506. The van der Waals surface area contributed by atoms with E-state index < -0.39 is 0 Å². The van der Waals surface area contributed by atoms with Gasteiger partial charge in [-0.15, -0.1) is 11.3 Å². The van der Waals surface area contributed by atoms with E-state index >= 15 is 0 Å². The van der Waals surface area contributed by atoms with Gasteiger partial charge in [-0.1, -0.05) is 12.1 Å². The van der Waals surface area contributed by atoms with Crippen molar-refractivity contribution >= 4 is 17.0 Å². The molecule has 0 saturated carbocycles. The van der Waals surface area contributed by atoms with Gasteiger partial charge < -0.3 is 10.1 Å². The normalized spacial score (nSPS) is 16.2. The van der Waals surface area contributed by atoms with E-state index in [-0.39, 0.29) is 0 Å². The van der Waals surface area contributed by atoms with Gasteiger partial charge in [0.2, 0.25) is 0 Å². The van der Waals surface area contributed by atoms with Crippen molar-refractivity contribution in [1.29, 1.82) is 0 Å². The summed E-state index contributed by atoms with van der Waals surface area (Å²) in [5, 5.41) is 3.41. The summed E-state index contributed by atoms with van der Waals surface area (Å²) in [5.41, 5.74) is 4.38. The lowest BCUT2D eigenvalue weighted by Crippen LogP contribution is -2.35. The number of thiazole rings is 1. The van der Waals surface area contributed by atoms with E-state index in [4.69, 9.17) is 4.74 Å². The van der Waals surface area contributed by atoms with Crippen LogP contribution in [0.25, 0.3) is 0 Å². The number of hydrogen-bond acceptors (Lipinski definition) is 5. The predicted molar refractivity (Wildman–Crippen MR) is 82.0 cm³/mol. The molecule has 1 fully saturated rings. The van der Waals surface area contributed by atoms with Crippen LogP contribution in [0, 0.1) is 0 Å². The number of benzene rings is 1. The Morgan fingerprint density at radius 1 is 1.20 bits per heavy atom. The van der Waals surface area contributed by atoms with Crippen LogP contribution < -0.4 is 5.32 Å². The quantitative estimate of drug-likeness (QED) is 0.918. The molecule has 0 unspecified atom stereocenters. The lowest BCUT2D eigenvalue weighted by molar-refractivity contribution is 0.0342. The maximum Gasteiger partial charge on any atom is 0.0794 e. The fourth-order valence-electron chi connectivity index (χ4n) is 2.26. The van der Waals surface area contributed by atoms with E-state index in [1.807, 2.05) is 11.7 Å². The standard InChI is InChI=1S/C15H19N3OS/c1-3-14(17-10-15-9-16-12-20-15)4-2-13(1)11-18-5-7-19-8-6-18/h1-4,9,12,17H,5-8,10-11H2. The van der Waals surface area contributed by atoms with Crippen molar-refractivity contribution in [3.05, 3.63) is 46.4 Å². The van der Waals surface area contributed by atoms with E-state index in [0.717, 1.165) is 45.1 Å². The van der Waals surface area contributed by atoms with Crippen molar-refractivity contribution in [2.45, 2.75) is 13.1 Å². The fraction of sp³-hybridized carbons (Fsp3) is 0.400. The molecule has 0 atom stereocenters. The first-order chi connectivity index (χ1) is 9.90. The van der Waals surface area contributed by atoms with Gasteiger partial charge in [0.15, 0.2) is 0 Å². The summed E-state index contributed by atoms with van der Waals surface area (Å²) in [6.45, 7) is 5.63. The molecule has 0 spiro atoms. The summed E-state index contributed by atoms with van der Waals surface area (Å²) < 4.78 is 5.37. The summed E-state index contributed by atoms with van der Waals surface area (Å²) in [6.07, 6.45) is 1.91. The van der Waals surface area contributed by atoms with Crippen LogP contribution in [-0.4, -0.2) is 36.2 Å². The van der Waals surface area contributed by atoms with Crippen LogP contribution >= 0.6 is 11.3 Å². The van der Waals surface area contributed by atoms with Gasteiger partial charge in [0.05, 0.1) is 25.3 Å². The molecule has 1 aromatic heterocycles. The molecule has 1 aliphatic rings. The third-order valence-corrected chi connectivity index (χ3v) is 4.19. The predicted octanol–water partition coefficient (Wildman–Crippen LogP) is 2.59. The smallest absolute Gasteiger partial charge is 0.0794 e. The van der Waals surface area contributed by atoms with Crippen LogP contribution in [0.15, 0.2) is 36.0 Å². The van der Waals surface area contributed by atoms with Gasteiger partial charge in [-0.2, -0.15) is 0 Å². The minimum Gasteiger partial charge on any atom is -0.380 e. The van der Waals surface area contributed by atoms with Gasteiger partial charge in [-0.3, -0.25) is 9.88 Å². The van der Waals surface area contributed by atoms with Gasteiger partial charge in [-0.05, 0) is 17.7 Å². The Kier molecular flexibility index (Phi) is 4.63. The number of hydrogen-bond donors (Lipinski definition) is 1. The topological polar surface area (TPSA) is 37.4 Å². The van der Waals surface area contributed by atoms with E-state index in [1.165, 1.54) is 10.4 Å². The highest BCUT2D eigenvalue weighted by molar-refractivity contribution is 7.09. The molecule has 106 valence electrons. The van der Waals surface area contributed by atoms with E-state index in [0.29, 0.717) is 0 Å². The maximum absolute atomic E-state index is 5.37. The fourth-order valence-corrected chi connectivity index (χ4v) is 2.80. The first kappa shape index (κ1) is 13.5. The molecule has 2 heterocycles. The SMILES string of the molecule is c1ncc(CNc2ccc(CN3CCOCC3)cc2)s1. The second-order valence-electron chi connectivity index (χ2n) is 4.91. The highest BCUT2D eigenvalue weighted by atomic mass is 32.1. The number of ether oxygens (including phenoxy) is 1. The number of anilines is 1. The molecule has 1 saturated heterocycles. The Balaban J connectivity index is 1.51. The van der Waals surface area contributed by atoms with Crippen LogP contribution in [0.1, 0.15) is 10.4 Å². The van der Waals surface area contributed by atoms with E-state index in [9.17, 15) is 0 Å². The van der Waals surface area contributed by atoms with Crippen molar-refractivity contribution in [3.63, 3.8) is 0 Å². The van der Waals surface area contributed by atoms with E-state index in [2.05, 4.69) is 39.5 Å². The third-order valence-electron chi connectivity index (χ3n) is 3.41. The molecule has 0 bridgehead atoms. The average molecular weight is 289 g/mol. The Hall–Kier alpha value is -1.43. The summed E-state index contributed by atoms with van der Waals surface area (Å²) in [7, 11) is 0. The minimum absolute atomic E-state index is 0.841. The third kappa shape index (κ3) is 3.79. The molecule has 2 aromatic rings. The van der Waals surface area contributed by atoms with Crippen molar-refractivity contribution in [3.8, 4) is 0 Å². The molecule has 0 aliphatic carbocycles. The minimum atomic E-state index is 0.841. The van der Waals surface area contributed by atoms with Crippen molar-refractivity contribution in [2.75, 3.05) is 31.6 Å². The molecular formula is C15H19N3OS. The van der Waals surface area contributed by atoms with Crippen molar-refractivity contribution in [1.82, 2.24) is 9.88 Å². The van der Waals surface area contributed by atoms with Gasteiger partial charge in [0, 0.05) is 36.4 Å². The first-order valence-electron chi connectivity index (χ1n) is 6.90. The number of nitrogens with one attached hydrogen (secondary N) is 1. The summed E-state index contributed by atoms with van der Waals surface area (Å²) >= 11 is 1.68. The van der Waals surface area contributed by atoms with Gasteiger partial charge in [-0.25, -0.2) is 0 Å². The second-order valence-corrected chi connectivity index (χ2v) is 5.88. The number of nitrogens with zero attached hydrogens (tertiary/aromatic N) is 2. The summed E-state index contributed by atoms with van der Waals surface area (Å²) in [4.78, 5) is 7.76. The largest absolute Gasteiger partial charge is 0.380 e. The summed E-state index contributed by atoms with van der Waals surface area (Å²) in [5.74, 6) is 0. The number of rotatable bonds is 5. The maximum atomic E-state index is 5.37. The molecule has 5 heteroatoms. The highest BCUT2D eigenvalue weighted by Gasteiger charge is 2.10. The second kappa shape index (κ2) is 6.83. The molecule has 0 radical (unpaired) electrons. The van der Waals surface area contributed by atoms with Crippen LogP contribution in [-0.2, 0) is 17.8 Å². The molecule has 1 aliphatic heterocycles. The number of aromatic nitrogens is 1. The molecule has 4 nitrogen and oxygen atoms in total. The Labute approximate surface area is 123 Å². The van der Waals surface area contributed by atoms with Crippen LogP contribution in [0.5, 0.6) is 0 Å². The molecule has 1 N–H and O–H groups in total. The Morgan fingerprint density at radius 3 is 2.70 bits per heavy atom. The summed E-state index contributed by atoms with van der Waals surface area (Å²) in [6, 6.07) is 8.70. The zero-order valence-corrected chi connectivity index (χ0v) is 12.2. The first-order valence-corrected chi connectivity index (χ1v) is 7.78. The zero-order valence-electron chi connectivity index (χ0n) is 11.4. The molecule has 3 rings (SSSR count). The van der Waals surface area contributed by atoms with E-state index in [1.54, 1.807) is 11.3 Å². The van der Waals surface area contributed by atoms with Crippen LogP contribution in [0.3, 0.4) is 0 Å². The van der Waals surface area contributed by atoms with Crippen molar-refractivity contribution < 1.29 is 4.74 Å². The molecule has 0 amide bonds. The Morgan fingerprint density at radius 2 is 2.00 bits per heavy atom. The van der Waals surface area contributed by atoms with Gasteiger partial charge in [0.25, 0.3) is 0 Å². The lowest BCUT2D eigenvalue weighted by Gasteiger charge is -2.26. The lowest BCUT2D eigenvalue weighted by atomic mass is 10.2. The van der Waals surface area contributed by atoms with Crippen LogP contribution in [0.4, 0.5) is 5.69 Å². The van der Waals surface area contributed by atoms with Crippen molar-refractivity contribution in [2.24, 2.45) is 0 Å². The zero-order chi connectivity index (χ0) is 13.6. The van der Waals surface area contributed by atoms with Crippen LogP contribution in [0.2, 0.25) is 0 Å².